The average Bonchev–Trinajstić information content (AvgIpc) is 3.04. The standard InChI is InChI=1S/C25H36O8/c1-12-15-10-18(28)33-25(15,30-7)11-16-19(12)20(29)21(32-14(3)27)22-23(4,5)17(31-13(2)26)8-9-24(16,22)6/h10,12,16-17,19-22,29H,8-9,11H2,1-7H3/t12-,16-,17+,19-,20-,21-,22+,24+,25-/m1/s1. The molecule has 0 spiro atoms. The Balaban J connectivity index is 1.84. The Hall–Kier alpha value is -1.93. The van der Waals surface area contributed by atoms with Crippen LogP contribution in [0.3, 0.4) is 0 Å². The average molecular weight is 465 g/mol. The minimum atomic E-state index is -1.14. The molecule has 8 nitrogen and oxygen atoms in total. The van der Waals surface area contributed by atoms with Crippen molar-refractivity contribution >= 4 is 17.9 Å². The van der Waals surface area contributed by atoms with Crippen LogP contribution >= 0.6 is 0 Å². The maximum Gasteiger partial charge on any atom is 0.333 e. The van der Waals surface area contributed by atoms with Crippen LogP contribution in [0.2, 0.25) is 0 Å². The summed E-state index contributed by atoms with van der Waals surface area (Å²) in [5.41, 5.74) is -0.229. The van der Waals surface area contributed by atoms with Crippen molar-refractivity contribution in [1.29, 1.82) is 0 Å². The minimum absolute atomic E-state index is 0.0696. The molecule has 0 aromatic rings. The number of rotatable bonds is 3. The van der Waals surface area contributed by atoms with Crippen LogP contribution in [0, 0.1) is 34.5 Å². The third-order valence-electron chi connectivity index (χ3n) is 9.13. The van der Waals surface area contributed by atoms with Gasteiger partial charge in [-0.1, -0.05) is 27.7 Å². The van der Waals surface area contributed by atoms with E-state index in [1.54, 1.807) is 7.11 Å². The molecule has 3 fully saturated rings. The van der Waals surface area contributed by atoms with Gasteiger partial charge in [0.05, 0.1) is 6.10 Å². The molecule has 0 aromatic carbocycles. The lowest BCUT2D eigenvalue weighted by Crippen LogP contribution is -2.70. The zero-order valence-electron chi connectivity index (χ0n) is 20.5. The van der Waals surface area contributed by atoms with E-state index in [-0.39, 0.29) is 41.2 Å². The molecule has 0 aromatic heterocycles. The van der Waals surface area contributed by atoms with Gasteiger partial charge >= 0.3 is 17.9 Å². The highest BCUT2D eigenvalue weighted by Crippen LogP contribution is 2.67. The Labute approximate surface area is 195 Å². The van der Waals surface area contributed by atoms with Gasteiger partial charge in [-0.2, -0.15) is 0 Å². The summed E-state index contributed by atoms with van der Waals surface area (Å²) < 4.78 is 23.1. The van der Waals surface area contributed by atoms with Gasteiger partial charge in [-0.05, 0) is 36.0 Å². The smallest absolute Gasteiger partial charge is 0.333 e. The van der Waals surface area contributed by atoms with Crippen molar-refractivity contribution in [3.8, 4) is 0 Å². The van der Waals surface area contributed by atoms with Crippen LogP contribution in [0.1, 0.15) is 60.8 Å². The minimum Gasteiger partial charge on any atom is -0.462 e. The maximum absolute atomic E-state index is 12.3. The molecule has 8 heteroatoms. The van der Waals surface area contributed by atoms with Gasteiger partial charge < -0.3 is 24.1 Å². The van der Waals surface area contributed by atoms with Crippen LogP contribution in [-0.2, 0) is 33.3 Å². The van der Waals surface area contributed by atoms with Gasteiger partial charge in [0.15, 0.2) is 0 Å². The summed E-state index contributed by atoms with van der Waals surface area (Å²) >= 11 is 0. The fraction of sp³-hybridized carbons (Fsp3) is 0.800. The number of hydrogen-bond donors (Lipinski definition) is 1. The van der Waals surface area contributed by atoms with Crippen molar-refractivity contribution in [2.75, 3.05) is 7.11 Å². The van der Waals surface area contributed by atoms with Gasteiger partial charge in [-0.3, -0.25) is 9.59 Å². The molecule has 1 aliphatic heterocycles. The number of ether oxygens (including phenoxy) is 4. The van der Waals surface area contributed by atoms with E-state index in [0.29, 0.717) is 19.3 Å². The molecule has 4 aliphatic rings. The van der Waals surface area contributed by atoms with E-state index < -0.39 is 35.3 Å². The van der Waals surface area contributed by atoms with Gasteiger partial charge in [0.1, 0.15) is 12.2 Å². The van der Waals surface area contributed by atoms with Crippen LogP contribution in [-0.4, -0.2) is 54.2 Å². The lowest BCUT2D eigenvalue weighted by molar-refractivity contribution is -0.280. The highest BCUT2D eigenvalue weighted by Gasteiger charge is 2.70. The molecule has 0 amide bonds. The summed E-state index contributed by atoms with van der Waals surface area (Å²) in [5, 5.41) is 11.7. The van der Waals surface area contributed by atoms with E-state index in [4.69, 9.17) is 18.9 Å². The number of carbonyl (C=O) groups is 3. The topological polar surface area (TPSA) is 108 Å². The number of carbonyl (C=O) groups excluding carboxylic acids is 3. The number of aliphatic hydroxyl groups is 1. The number of fused-ring (bicyclic) bond motifs is 4. The molecule has 0 unspecified atom stereocenters. The van der Waals surface area contributed by atoms with Crippen molar-refractivity contribution in [2.45, 2.75) is 84.9 Å². The molecule has 0 radical (unpaired) electrons. The highest BCUT2D eigenvalue weighted by atomic mass is 16.7. The molecule has 1 heterocycles. The zero-order valence-corrected chi connectivity index (χ0v) is 20.5. The first kappa shape index (κ1) is 24.2. The Morgan fingerprint density at radius 2 is 1.79 bits per heavy atom. The summed E-state index contributed by atoms with van der Waals surface area (Å²) in [6, 6.07) is 0. The maximum atomic E-state index is 12.3. The third kappa shape index (κ3) is 3.43. The normalized spacial score (nSPS) is 45.6. The van der Waals surface area contributed by atoms with Crippen LogP contribution in [0.5, 0.6) is 0 Å². The van der Waals surface area contributed by atoms with Gasteiger partial charge in [0, 0.05) is 50.4 Å². The zero-order chi connectivity index (χ0) is 24.5. The van der Waals surface area contributed by atoms with Crippen molar-refractivity contribution < 1.29 is 38.4 Å². The first-order chi connectivity index (χ1) is 15.3. The Morgan fingerprint density at radius 3 is 2.36 bits per heavy atom. The van der Waals surface area contributed by atoms with Crippen LogP contribution in [0.15, 0.2) is 11.6 Å². The van der Waals surface area contributed by atoms with Gasteiger partial charge in [-0.15, -0.1) is 0 Å². The van der Waals surface area contributed by atoms with E-state index >= 15 is 0 Å². The largest absolute Gasteiger partial charge is 0.462 e. The third-order valence-corrected chi connectivity index (χ3v) is 9.13. The van der Waals surface area contributed by atoms with Gasteiger partial charge in [0.2, 0.25) is 5.79 Å². The second-order valence-corrected chi connectivity index (χ2v) is 11.2. The molecular weight excluding hydrogens is 428 g/mol. The van der Waals surface area contributed by atoms with Gasteiger partial charge in [-0.25, -0.2) is 4.79 Å². The number of esters is 3. The Bertz CT molecular complexity index is 893. The molecular formula is C25H36O8. The summed E-state index contributed by atoms with van der Waals surface area (Å²) in [6.45, 7) is 10.9. The molecule has 1 N–H and O–H groups in total. The Kier molecular flexibility index (Phi) is 5.72. The monoisotopic (exact) mass is 464 g/mol. The molecule has 9 atom stereocenters. The van der Waals surface area contributed by atoms with Crippen LogP contribution in [0.25, 0.3) is 0 Å². The first-order valence-corrected chi connectivity index (χ1v) is 11.8. The van der Waals surface area contributed by atoms with Crippen LogP contribution < -0.4 is 0 Å². The fourth-order valence-corrected chi connectivity index (χ4v) is 7.95. The fourth-order valence-electron chi connectivity index (χ4n) is 7.95. The molecule has 3 saturated carbocycles. The summed E-state index contributed by atoms with van der Waals surface area (Å²) in [4.78, 5) is 36.3. The number of methoxy groups -OCH3 is 1. The van der Waals surface area contributed by atoms with E-state index in [2.05, 4.69) is 6.92 Å². The predicted molar refractivity (Wildman–Crippen MR) is 116 cm³/mol. The lowest BCUT2D eigenvalue weighted by atomic mass is 9.41. The molecule has 184 valence electrons. The van der Waals surface area contributed by atoms with Crippen molar-refractivity contribution in [1.82, 2.24) is 0 Å². The number of aliphatic hydroxyl groups excluding tert-OH is 1. The molecule has 4 rings (SSSR count). The molecule has 33 heavy (non-hydrogen) atoms. The second-order valence-electron chi connectivity index (χ2n) is 11.2. The summed E-state index contributed by atoms with van der Waals surface area (Å²) in [5.74, 6) is -3.21. The predicted octanol–water partition coefficient (Wildman–Crippen LogP) is 2.76. The van der Waals surface area contributed by atoms with E-state index in [1.807, 2.05) is 20.8 Å². The second kappa shape index (κ2) is 7.80. The van der Waals surface area contributed by atoms with Crippen LogP contribution in [0.4, 0.5) is 0 Å². The SMILES string of the molecule is CO[C@@]12C[C@@H]3[C@H]([C@@H](O)[C@@H](OC(C)=O)[C@H]4C(C)(C)[C@@H](OC(C)=O)CC[C@@]34C)[C@H](C)C1=CC(=O)O2. The highest BCUT2D eigenvalue weighted by molar-refractivity contribution is 5.86. The summed E-state index contributed by atoms with van der Waals surface area (Å²) in [7, 11) is 1.54. The summed E-state index contributed by atoms with van der Waals surface area (Å²) in [6.07, 6.45) is 1.18. The Morgan fingerprint density at radius 1 is 1.15 bits per heavy atom. The lowest BCUT2D eigenvalue weighted by Gasteiger charge is -2.66. The molecule has 0 saturated heterocycles. The first-order valence-electron chi connectivity index (χ1n) is 11.8. The number of hydrogen-bond acceptors (Lipinski definition) is 8. The van der Waals surface area contributed by atoms with E-state index in [1.165, 1.54) is 19.9 Å². The van der Waals surface area contributed by atoms with Gasteiger partial charge in [0.25, 0.3) is 0 Å². The molecule has 0 bridgehead atoms. The van der Waals surface area contributed by atoms with Crippen molar-refractivity contribution in [3.63, 3.8) is 0 Å². The molecule has 3 aliphatic carbocycles. The van der Waals surface area contributed by atoms with Crippen molar-refractivity contribution in [2.24, 2.45) is 34.5 Å². The quantitative estimate of drug-likeness (QED) is 0.502. The van der Waals surface area contributed by atoms with E-state index in [0.717, 1.165) is 5.57 Å². The van der Waals surface area contributed by atoms with Crippen molar-refractivity contribution in [3.05, 3.63) is 11.6 Å². The van der Waals surface area contributed by atoms with E-state index in [9.17, 15) is 19.5 Å².